The number of Topliss-reactive ketones (excluding diaryl/α,β-unsaturated/α-hetero) is 1. The molecule has 1 unspecified atom stereocenters. The first kappa shape index (κ1) is 15.0. The van der Waals surface area contributed by atoms with Crippen molar-refractivity contribution in [3.63, 3.8) is 0 Å². The molecule has 0 bridgehead atoms. The number of likely N-dealkylation sites (N-methyl/N-ethyl adjacent to an activating group) is 1. The summed E-state index contributed by atoms with van der Waals surface area (Å²) in [7, 11) is 0. The van der Waals surface area contributed by atoms with Crippen LogP contribution in [0.5, 0.6) is 11.5 Å². The zero-order valence-electron chi connectivity index (χ0n) is 11.1. The number of rotatable bonds is 6. The quantitative estimate of drug-likeness (QED) is 0.603. The van der Waals surface area contributed by atoms with Crippen LogP contribution >= 0.6 is 0 Å². The predicted octanol–water partition coefficient (Wildman–Crippen LogP) is 1.76. The van der Waals surface area contributed by atoms with Gasteiger partial charge in [-0.15, -0.1) is 0 Å². The number of carbonyl (C=O) groups excluding carboxylic acids is 1. The summed E-state index contributed by atoms with van der Waals surface area (Å²) >= 11 is 0. The lowest BCUT2D eigenvalue weighted by Gasteiger charge is -2.20. The molecule has 0 saturated carbocycles. The second-order valence-corrected chi connectivity index (χ2v) is 4.48. The lowest BCUT2D eigenvalue weighted by Crippen LogP contribution is -2.33. The number of hydrogen-bond acceptors (Lipinski definition) is 5. The van der Waals surface area contributed by atoms with Crippen molar-refractivity contribution in [3.8, 4) is 17.6 Å². The Balaban J connectivity index is 2.72. The van der Waals surface area contributed by atoms with Crippen LogP contribution in [-0.4, -0.2) is 40.5 Å². The van der Waals surface area contributed by atoms with Crippen molar-refractivity contribution in [2.24, 2.45) is 5.92 Å². The van der Waals surface area contributed by atoms with Crippen molar-refractivity contribution in [1.29, 1.82) is 5.26 Å². The smallest absolute Gasteiger partial charge is 0.176 e. The minimum absolute atomic E-state index is 0.138. The second kappa shape index (κ2) is 6.76. The molecule has 0 radical (unpaired) electrons. The monoisotopic (exact) mass is 262 g/mol. The molecular weight excluding hydrogens is 244 g/mol. The summed E-state index contributed by atoms with van der Waals surface area (Å²) in [6.45, 7) is 5.11. The molecule has 0 heterocycles. The number of phenols is 2. The van der Waals surface area contributed by atoms with E-state index in [1.54, 1.807) is 6.92 Å². The topological polar surface area (TPSA) is 84.6 Å². The summed E-state index contributed by atoms with van der Waals surface area (Å²) in [4.78, 5) is 13.9. The van der Waals surface area contributed by atoms with E-state index in [1.807, 2.05) is 11.8 Å². The fourth-order valence-electron chi connectivity index (χ4n) is 1.72. The molecule has 1 atom stereocenters. The van der Waals surface area contributed by atoms with Crippen LogP contribution in [0.2, 0.25) is 0 Å². The van der Waals surface area contributed by atoms with E-state index < -0.39 is 0 Å². The van der Waals surface area contributed by atoms with Crippen LogP contribution in [0, 0.1) is 17.2 Å². The number of nitriles is 1. The Morgan fingerprint density at radius 1 is 1.42 bits per heavy atom. The number of nitrogens with zero attached hydrogens (tertiary/aromatic N) is 2. The average molecular weight is 262 g/mol. The number of benzene rings is 1. The molecule has 0 aliphatic carbocycles. The van der Waals surface area contributed by atoms with E-state index in [0.29, 0.717) is 18.7 Å². The lowest BCUT2D eigenvalue weighted by molar-refractivity contribution is 0.0929. The Kier molecular flexibility index (Phi) is 5.34. The van der Waals surface area contributed by atoms with Crippen molar-refractivity contribution in [2.75, 3.05) is 19.6 Å². The highest BCUT2D eigenvalue weighted by Crippen LogP contribution is 2.25. The van der Waals surface area contributed by atoms with Crippen molar-refractivity contribution < 1.29 is 15.0 Å². The number of carbonyl (C=O) groups is 1. The fraction of sp³-hybridized carbons (Fsp3) is 0.429. The van der Waals surface area contributed by atoms with E-state index in [0.717, 1.165) is 0 Å². The molecule has 0 spiro atoms. The van der Waals surface area contributed by atoms with Crippen LogP contribution in [0.3, 0.4) is 0 Å². The van der Waals surface area contributed by atoms with Gasteiger partial charge in [-0.05, 0) is 31.7 Å². The van der Waals surface area contributed by atoms with Crippen molar-refractivity contribution in [1.82, 2.24) is 4.90 Å². The molecule has 0 aliphatic heterocycles. The van der Waals surface area contributed by atoms with Crippen LogP contribution in [0.25, 0.3) is 0 Å². The first-order valence-corrected chi connectivity index (χ1v) is 6.15. The first-order chi connectivity index (χ1) is 8.97. The van der Waals surface area contributed by atoms with Crippen LogP contribution in [0.1, 0.15) is 24.2 Å². The van der Waals surface area contributed by atoms with E-state index in [1.165, 1.54) is 18.2 Å². The normalized spacial score (nSPS) is 12.1. The van der Waals surface area contributed by atoms with Gasteiger partial charge < -0.3 is 10.2 Å². The van der Waals surface area contributed by atoms with E-state index in [2.05, 4.69) is 6.07 Å². The molecular formula is C14H18N2O3. The largest absolute Gasteiger partial charge is 0.504 e. The van der Waals surface area contributed by atoms with Crippen molar-refractivity contribution >= 4 is 5.78 Å². The molecule has 1 aromatic rings. The standard InChI is InChI=1S/C14H18N2O3/c1-3-16(8-10(2)7-15)9-14(19)11-4-5-12(17)13(18)6-11/h4-6,10,17-18H,3,8-9H2,1-2H3. The number of phenolic OH excluding ortho intramolecular Hbond substituents is 2. The number of ketones is 1. The van der Waals surface area contributed by atoms with Crippen LogP contribution in [-0.2, 0) is 0 Å². The second-order valence-electron chi connectivity index (χ2n) is 4.48. The zero-order chi connectivity index (χ0) is 14.4. The molecule has 0 amide bonds. The summed E-state index contributed by atoms with van der Waals surface area (Å²) in [5, 5.41) is 27.3. The molecule has 5 nitrogen and oxygen atoms in total. The van der Waals surface area contributed by atoms with E-state index in [-0.39, 0.29) is 29.7 Å². The Bertz CT molecular complexity index is 494. The highest BCUT2D eigenvalue weighted by Gasteiger charge is 2.15. The lowest BCUT2D eigenvalue weighted by atomic mass is 10.1. The SMILES string of the molecule is CCN(CC(=O)c1ccc(O)c(O)c1)CC(C)C#N. The highest BCUT2D eigenvalue weighted by atomic mass is 16.3. The maximum absolute atomic E-state index is 12.0. The van der Waals surface area contributed by atoms with Crippen molar-refractivity contribution in [3.05, 3.63) is 23.8 Å². The van der Waals surface area contributed by atoms with Crippen LogP contribution < -0.4 is 0 Å². The molecule has 2 N–H and O–H groups in total. The fourth-order valence-corrected chi connectivity index (χ4v) is 1.72. The summed E-state index contributed by atoms with van der Waals surface area (Å²) < 4.78 is 0. The van der Waals surface area contributed by atoms with E-state index >= 15 is 0 Å². The Labute approximate surface area is 112 Å². The van der Waals surface area contributed by atoms with Gasteiger partial charge in [0, 0.05) is 12.1 Å². The minimum atomic E-state index is -0.306. The highest BCUT2D eigenvalue weighted by molar-refractivity contribution is 5.98. The Morgan fingerprint density at radius 2 is 2.11 bits per heavy atom. The van der Waals surface area contributed by atoms with E-state index in [4.69, 9.17) is 5.26 Å². The molecule has 0 saturated heterocycles. The van der Waals surface area contributed by atoms with E-state index in [9.17, 15) is 15.0 Å². The number of hydrogen-bond donors (Lipinski definition) is 2. The predicted molar refractivity (Wildman–Crippen MR) is 71.0 cm³/mol. The van der Waals surface area contributed by atoms with Crippen LogP contribution in [0.4, 0.5) is 0 Å². The third-order valence-electron chi connectivity index (χ3n) is 2.86. The third kappa shape index (κ3) is 4.27. The van der Waals surface area contributed by atoms with Crippen molar-refractivity contribution in [2.45, 2.75) is 13.8 Å². The van der Waals surface area contributed by atoms with Gasteiger partial charge in [0.2, 0.25) is 0 Å². The molecule has 102 valence electrons. The molecule has 5 heteroatoms. The van der Waals surface area contributed by atoms with Gasteiger partial charge in [0.25, 0.3) is 0 Å². The zero-order valence-corrected chi connectivity index (χ0v) is 11.1. The van der Waals surface area contributed by atoms with Gasteiger partial charge in [0.1, 0.15) is 0 Å². The van der Waals surface area contributed by atoms with Gasteiger partial charge in [0.05, 0.1) is 18.5 Å². The Morgan fingerprint density at radius 3 is 2.63 bits per heavy atom. The molecule has 1 rings (SSSR count). The van der Waals surface area contributed by atoms with Gasteiger partial charge in [-0.2, -0.15) is 5.26 Å². The number of aromatic hydroxyl groups is 2. The Hall–Kier alpha value is -2.06. The summed E-state index contributed by atoms with van der Waals surface area (Å²) in [6.07, 6.45) is 0. The maximum Gasteiger partial charge on any atom is 0.176 e. The summed E-state index contributed by atoms with van der Waals surface area (Å²) in [5.41, 5.74) is 0.346. The van der Waals surface area contributed by atoms with Gasteiger partial charge >= 0.3 is 0 Å². The minimum Gasteiger partial charge on any atom is -0.504 e. The van der Waals surface area contributed by atoms with Gasteiger partial charge in [-0.3, -0.25) is 9.69 Å². The van der Waals surface area contributed by atoms with Gasteiger partial charge in [0.15, 0.2) is 17.3 Å². The van der Waals surface area contributed by atoms with Gasteiger partial charge in [-0.25, -0.2) is 0 Å². The third-order valence-corrected chi connectivity index (χ3v) is 2.86. The first-order valence-electron chi connectivity index (χ1n) is 6.15. The van der Waals surface area contributed by atoms with Crippen LogP contribution in [0.15, 0.2) is 18.2 Å². The van der Waals surface area contributed by atoms with Gasteiger partial charge in [-0.1, -0.05) is 6.92 Å². The molecule has 19 heavy (non-hydrogen) atoms. The summed E-state index contributed by atoms with van der Waals surface area (Å²) in [5.74, 6) is -0.843. The maximum atomic E-state index is 12.0. The molecule has 0 aliphatic rings. The molecule has 1 aromatic carbocycles. The average Bonchev–Trinajstić information content (AvgIpc) is 2.40. The summed E-state index contributed by atoms with van der Waals surface area (Å²) in [6, 6.07) is 6.14. The molecule has 0 fully saturated rings. The molecule has 0 aromatic heterocycles.